The number of likely N-dealkylation sites (N-methyl/N-ethyl adjacent to an activating group) is 1. The van der Waals surface area contributed by atoms with Crippen molar-refractivity contribution in [3.63, 3.8) is 0 Å². The average molecular weight is 442 g/mol. The van der Waals surface area contributed by atoms with Crippen molar-refractivity contribution in [3.8, 4) is 5.69 Å². The van der Waals surface area contributed by atoms with Crippen molar-refractivity contribution in [1.29, 1.82) is 0 Å². The van der Waals surface area contributed by atoms with Crippen LogP contribution in [0.15, 0.2) is 48.5 Å². The van der Waals surface area contributed by atoms with Gasteiger partial charge in [0.25, 0.3) is 5.91 Å². The highest BCUT2D eigenvalue weighted by Crippen LogP contribution is 2.25. The van der Waals surface area contributed by atoms with E-state index in [0.29, 0.717) is 23.5 Å². The average Bonchev–Trinajstić information content (AvgIpc) is 3.07. The van der Waals surface area contributed by atoms with E-state index < -0.39 is 0 Å². The molecular weight excluding hydrogens is 417 g/mol. The first kappa shape index (κ1) is 21.3. The van der Waals surface area contributed by atoms with Crippen LogP contribution in [0, 0.1) is 12.7 Å². The largest absolute Gasteiger partial charge is 0.369 e. The zero-order valence-electron chi connectivity index (χ0n) is 17.6. The van der Waals surface area contributed by atoms with Crippen LogP contribution in [-0.2, 0) is 6.54 Å². The van der Waals surface area contributed by atoms with E-state index in [1.807, 2.05) is 18.2 Å². The van der Waals surface area contributed by atoms with Gasteiger partial charge in [-0.1, -0.05) is 29.8 Å². The first-order chi connectivity index (χ1) is 14.9. The van der Waals surface area contributed by atoms with E-state index >= 15 is 0 Å². The molecule has 6 nitrogen and oxygen atoms in total. The fourth-order valence-electron chi connectivity index (χ4n) is 3.79. The highest BCUT2D eigenvalue weighted by Gasteiger charge is 2.22. The van der Waals surface area contributed by atoms with Gasteiger partial charge in [-0.2, -0.15) is 5.10 Å². The molecule has 1 saturated heterocycles. The number of halogens is 2. The Bertz CT molecular complexity index is 1070. The number of aryl methyl sites for hydroxylation is 1. The van der Waals surface area contributed by atoms with Gasteiger partial charge in [-0.05, 0) is 49.9 Å². The first-order valence-corrected chi connectivity index (χ1v) is 10.6. The predicted molar refractivity (Wildman–Crippen MR) is 121 cm³/mol. The lowest BCUT2D eigenvalue weighted by atomic mass is 10.1. The fraction of sp³-hybridized carbons (Fsp3) is 0.304. The van der Waals surface area contributed by atoms with E-state index in [1.165, 1.54) is 16.8 Å². The number of hydrogen-bond donors (Lipinski definition) is 1. The summed E-state index contributed by atoms with van der Waals surface area (Å²) in [6.07, 6.45) is 0. The Morgan fingerprint density at radius 1 is 1.10 bits per heavy atom. The molecule has 1 N–H and O–H groups in total. The molecule has 0 bridgehead atoms. The topological polar surface area (TPSA) is 53.4 Å². The third-order valence-electron chi connectivity index (χ3n) is 5.58. The zero-order valence-corrected chi connectivity index (χ0v) is 18.4. The molecule has 1 aromatic heterocycles. The molecule has 0 radical (unpaired) electrons. The van der Waals surface area contributed by atoms with Crippen molar-refractivity contribution < 1.29 is 9.18 Å². The van der Waals surface area contributed by atoms with Crippen LogP contribution in [0.25, 0.3) is 5.69 Å². The molecule has 2 aromatic carbocycles. The van der Waals surface area contributed by atoms with Crippen LogP contribution < -0.4 is 10.2 Å². The second kappa shape index (κ2) is 9.08. The molecule has 0 spiro atoms. The molecule has 0 unspecified atom stereocenters. The Balaban J connectivity index is 1.51. The fourth-order valence-corrected chi connectivity index (χ4v) is 4.15. The van der Waals surface area contributed by atoms with Crippen molar-refractivity contribution in [2.24, 2.45) is 0 Å². The summed E-state index contributed by atoms with van der Waals surface area (Å²) in [5, 5.41) is 7.56. The molecule has 4 rings (SSSR count). The van der Waals surface area contributed by atoms with Gasteiger partial charge in [-0.25, -0.2) is 9.07 Å². The van der Waals surface area contributed by atoms with Crippen LogP contribution in [0.5, 0.6) is 0 Å². The number of benzene rings is 2. The van der Waals surface area contributed by atoms with Gasteiger partial charge in [0.1, 0.15) is 11.0 Å². The van der Waals surface area contributed by atoms with Crippen molar-refractivity contribution in [3.05, 3.63) is 76.3 Å². The summed E-state index contributed by atoms with van der Waals surface area (Å²) in [7, 11) is 2.13. The minimum atomic E-state index is -0.347. The maximum atomic E-state index is 13.2. The van der Waals surface area contributed by atoms with Gasteiger partial charge < -0.3 is 15.1 Å². The number of hydrogen-bond acceptors (Lipinski definition) is 4. The highest BCUT2D eigenvalue weighted by molar-refractivity contribution is 6.33. The summed E-state index contributed by atoms with van der Waals surface area (Å²) in [6, 6.07) is 13.9. The van der Waals surface area contributed by atoms with Gasteiger partial charge in [0.05, 0.1) is 16.9 Å². The van der Waals surface area contributed by atoms with Crippen molar-refractivity contribution in [2.45, 2.75) is 13.5 Å². The molecule has 3 aromatic rings. The van der Waals surface area contributed by atoms with E-state index in [1.54, 1.807) is 19.1 Å². The minimum absolute atomic E-state index is 0.203. The summed E-state index contributed by atoms with van der Waals surface area (Å²) in [6.45, 7) is 6.06. The van der Waals surface area contributed by atoms with Crippen LogP contribution in [-0.4, -0.2) is 53.8 Å². The number of amides is 1. The van der Waals surface area contributed by atoms with E-state index in [-0.39, 0.29) is 16.9 Å². The van der Waals surface area contributed by atoms with Crippen molar-refractivity contribution in [1.82, 2.24) is 20.0 Å². The highest BCUT2D eigenvalue weighted by atomic mass is 35.5. The van der Waals surface area contributed by atoms with Gasteiger partial charge in [0.15, 0.2) is 0 Å². The van der Waals surface area contributed by atoms with Crippen molar-refractivity contribution >= 4 is 23.2 Å². The van der Waals surface area contributed by atoms with E-state index in [9.17, 15) is 9.18 Å². The summed E-state index contributed by atoms with van der Waals surface area (Å²) < 4.78 is 14.7. The number of anilines is 1. The molecule has 0 saturated carbocycles. The molecule has 8 heteroatoms. The third kappa shape index (κ3) is 4.57. The number of carbonyl (C=O) groups is 1. The molecule has 2 heterocycles. The summed E-state index contributed by atoms with van der Waals surface area (Å²) in [5.74, 6) is -0.634. The maximum absolute atomic E-state index is 13.2. The van der Waals surface area contributed by atoms with Crippen LogP contribution in [0.3, 0.4) is 0 Å². The lowest BCUT2D eigenvalue weighted by molar-refractivity contribution is 0.0950. The quantitative estimate of drug-likeness (QED) is 0.656. The number of nitrogens with zero attached hydrogens (tertiary/aromatic N) is 4. The number of piperazine rings is 1. The van der Waals surface area contributed by atoms with Gasteiger partial charge in [0, 0.05) is 38.4 Å². The van der Waals surface area contributed by atoms with Gasteiger partial charge in [-0.15, -0.1) is 0 Å². The van der Waals surface area contributed by atoms with Gasteiger partial charge in [0.2, 0.25) is 0 Å². The van der Waals surface area contributed by atoms with E-state index in [2.05, 4.69) is 33.3 Å². The first-order valence-electron chi connectivity index (χ1n) is 10.2. The number of para-hydroxylation sites is 1. The molecule has 0 atom stereocenters. The number of rotatable bonds is 5. The molecule has 1 aliphatic heterocycles. The standard InChI is InChI=1S/C23H25ClFN5O/c1-16-21(22(24)30(27-16)19-9-7-18(25)8-10-19)23(31)26-15-17-5-3-4-6-20(17)29-13-11-28(2)12-14-29/h3-10H,11-15H2,1-2H3,(H,26,31). The molecule has 1 amide bonds. The molecular formula is C23H25ClFN5O. The Morgan fingerprint density at radius 3 is 2.48 bits per heavy atom. The van der Waals surface area contributed by atoms with Crippen molar-refractivity contribution in [2.75, 3.05) is 38.1 Å². The minimum Gasteiger partial charge on any atom is -0.369 e. The monoisotopic (exact) mass is 441 g/mol. The Kier molecular flexibility index (Phi) is 6.25. The number of nitrogens with one attached hydrogen (secondary N) is 1. The summed E-state index contributed by atoms with van der Waals surface area (Å²) in [5.41, 5.74) is 3.62. The number of aromatic nitrogens is 2. The third-order valence-corrected chi connectivity index (χ3v) is 5.93. The number of carbonyl (C=O) groups excluding carboxylic acids is 1. The smallest absolute Gasteiger partial charge is 0.256 e. The second-order valence-electron chi connectivity index (χ2n) is 7.74. The van der Waals surface area contributed by atoms with Crippen LogP contribution >= 0.6 is 11.6 Å². The van der Waals surface area contributed by atoms with E-state index in [4.69, 9.17) is 11.6 Å². The Morgan fingerprint density at radius 2 is 1.77 bits per heavy atom. The van der Waals surface area contributed by atoms with Crippen LogP contribution in [0.4, 0.5) is 10.1 Å². The van der Waals surface area contributed by atoms with Gasteiger partial charge >= 0.3 is 0 Å². The summed E-state index contributed by atoms with van der Waals surface area (Å²) in [4.78, 5) is 17.6. The zero-order chi connectivity index (χ0) is 22.0. The molecule has 1 aliphatic rings. The van der Waals surface area contributed by atoms with E-state index in [0.717, 1.165) is 37.4 Å². The maximum Gasteiger partial charge on any atom is 0.256 e. The molecule has 162 valence electrons. The summed E-state index contributed by atoms with van der Waals surface area (Å²) >= 11 is 6.48. The predicted octanol–water partition coefficient (Wildman–Crippen LogP) is 3.66. The lowest BCUT2D eigenvalue weighted by Crippen LogP contribution is -2.45. The van der Waals surface area contributed by atoms with Crippen LogP contribution in [0.1, 0.15) is 21.6 Å². The normalized spacial score (nSPS) is 14.6. The SMILES string of the molecule is Cc1nn(-c2ccc(F)cc2)c(Cl)c1C(=O)NCc1ccccc1N1CCN(C)CC1. The molecule has 0 aliphatic carbocycles. The lowest BCUT2D eigenvalue weighted by Gasteiger charge is -2.35. The molecule has 31 heavy (non-hydrogen) atoms. The Hall–Kier alpha value is -2.90. The molecule has 1 fully saturated rings. The van der Waals surface area contributed by atoms with Crippen LogP contribution in [0.2, 0.25) is 5.15 Å². The Labute approximate surface area is 186 Å². The second-order valence-corrected chi connectivity index (χ2v) is 8.10. The van der Waals surface area contributed by atoms with Gasteiger partial charge in [-0.3, -0.25) is 4.79 Å².